The number of rotatable bonds is 11. The number of aromatic amines is 1. The van der Waals surface area contributed by atoms with E-state index in [0.29, 0.717) is 0 Å². The minimum absolute atomic E-state index is 0.0972. The number of nitrogens with one attached hydrogen (secondary N) is 2. The third-order valence-electron chi connectivity index (χ3n) is 5.23. The van der Waals surface area contributed by atoms with Gasteiger partial charge >= 0.3 is 19.4 Å². The smallest absolute Gasteiger partial charge is 0.459 e. The first-order valence-electron chi connectivity index (χ1n) is 11.1. The maximum atomic E-state index is 13.6. The zero-order chi connectivity index (χ0) is 26.3. The van der Waals surface area contributed by atoms with Crippen molar-refractivity contribution in [1.29, 1.82) is 0 Å². The van der Waals surface area contributed by atoms with Gasteiger partial charge in [0, 0.05) is 23.1 Å². The number of benzene rings is 1. The van der Waals surface area contributed by atoms with Crippen molar-refractivity contribution in [3.63, 3.8) is 0 Å². The average molecular weight is 522 g/mol. The molecule has 1 aliphatic heterocycles. The lowest BCUT2D eigenvalue weighted by Crippen LogP contribution is -2.36. The van der Waals surface area contributed by atoms with E-state index in [-0.39, 0.29) is 30.9 Å². The molecule has 1 aromatic carbocycles. The minimum atomic E-state index is -4.17. The van der Waals surface area contributed by atoms with Crippen LogP contribution in [-0.4, -0.2) is 46.9 Å². The first kappa shape index (κ1) is 27.2. The van der Waals surface area contributed by atoms with Gasteiger partial charge in [-0.25, -0.2) is 9.36 Å². The Morgan fingerprint density at radius 3 is 2.78 bits per heavy atom. The van der Waals surface area contributed by atoms with Crippen molar-refractivity contribution in [2.45, 2.75) is 51.6 Å². The predicted octanol–water partition coefficient (Wildman–Crippen LogP) is 2.56. The van der Waals surface area contributed by atoms with Crippen molar-refractivity contribution in [1.82, 2.24) is 14.6 Å². The zero-order valence-corrected chi connectivity index (χ0v) is 20.8. The van der Waals surface area contributed by atoms with Crippen molar-refractivity contribution >= 4 is 13.7 Å². The lowest BCUT2D eigenvalue weighted by Gasteiger charge is -2.24. The van der Waals surface area contributed by atoms with Gasteiger partial charge in [0.05, 0.1) is 25.4 Å². The van der Waals surface area contributed by atoms with Gasteiger partial charge in [0.25, 0.3) is 5.56 Å². The zero-order valence-electron chi connectivity index (χ0n) is 19.9. The van der Waals surface area contributed by atoms with Crippen LogP contribution in [0.2, 0.25) is 0 Å². The molecule has 36 heavy (non-hydrogen) atoms. The number of hydrogen-bond acceptors (Lipinski definition) is 9. The minimum Gasteiger partial charge on any atom is -0.465 e. The number of hydrogen-bond donors (Lipinski definition) is 2. The van der Waals surface area contributed by atoms with Gasteiger partial charge in [0.1, 0.15) is 18.0 Å². The highest BCUT2D eigenvalue weighted by Crippen LogP contribution is 2.46. The van der Waals surface area contributed by atoms with Crippen LogP contribution in [0.1, 0.15) is 32.1 Å². The van der Waals surface area contributed by atoms with E-state index in [1.165, 1.54) is 24.6 Å². The third kappa shape index (κ3) is 6.84. The predicted molar refractivity (Wildman–Crippen MR) is 127 cm³/mol. The third-order valence-corrected chi connectivity index (χ3v) is 6.87. The van der Waals surface area contributed by atoms with Crippen molar-refractivity contribution < 1.29 is 27.9 Å². The van der Waals surface area contributed by atoms with Crippen LogP contribution in [0.25, 0.3) is 10.4 Å². The number of esters is 1. The van der Waals surface area contributed by atoms with Gasteiger partial charge in [0.2, 0.25) is 0 Å². The Morgan fingerprint density at radius 1 is 1.39 bits per heavy atom. The molecule has 5 atom stereocenters. The first-order chi connectivity index (χ1) is 17.2. The summed E-state index contributed by atoms with van der Waals surface area (Å²) in [5, 5.41) is 6.26. The highest BCUT2D eigenvalue weighted by molar-refractivity contribution is 7.52. The molecule has 0 radical (unpaired) electrons. The van der Waals surface area contributed by atoms with Crippen LogP contribution in [0.3, 0.4) is 0 Å². The lowest BCUT2D eigenvalue weighted by atomic mass is 10.1. The summed E-state index contributed by atoms with van der Waals surface area (Å²) in [5.41, 5.74) is 8.06. The van der Waals surface area contributed by atoms with Crippen LogP contribution < -0.4 is 20.9 Å². The molecule has 2 heterocycles. The Kier molecular flexibility index (Phi) is 9.08. The van der Waals surface area contributed by atoms with E-state index in [0.717, 1.165) is 0 Å². The topological polar surface area (TPSA) is 187 Å². The molecular weight excluding hydrogens is 495 g/mol. The quantitative estimate of drug-likeness (QED) is 0.147. The van der Waals surface area contributed by atoms with Gasteiger partial charge < -0.3 is 14.0 Å². The molecule has 1 saturated heterocycles. The van der Waals surface area contributed by atoms with Gasteiger partial charge in [-0.2, -0.15) is 5.09 Å². The fourth-order valence-corrected chi connectivity index (χ4v) is 4.96. The van der Waals surface area contributed by atoms with Crippen molar-refractivity contribution in [3.05, 3.63) is 73.4 Å². The number of aromatic nitrogens is 2. The van der Waals surface area contributed by atoms with Crippen LogP contribution in [0.15, 0.2) is 51.2 Å². The molecule has 0 bridgehead atoms. The molecular formula is C21H27N6O8P. The molecule has 1 fully saturated rings. The van der Waals surface area contributed by atoms with Crippen LogP contribution in [0, 0.1) is 6.92 Å². The van der Waals surface area contributed by atoms with Crippen LogP contribution in [0.5, 0.6) is 5.75 Å². The highest BCUT2D eigenvalue weighted by Gasteiger charge is 2.40. The number of para-hydroxylation sites is 1. The van der Waals surface area contributed by atoms with E-state index in [2.05, 4.69) is 20.1 Å². The molecule has 3 rings (SSSR count). The number of carbonyl (C=O) groups is 1. The normalized spacial score (nSPS) is 21.7. The number of aryl methyl sites for hydroxylation is 1. The second kappa shape index (κ2) is 12.0. The van der Waals surface area contributed by atoms with E-state index in [9.17, 15) is 18.9 Å². The Morgan fingerprint density at radius 2 is 2.11 bits per heavy atom. The van der Waals surface area contributed by atoms with Gasteiger partial charge in [-0.15, -0.1) is 0 Å². The molecule has 15 heteroatoms. The van der Waals surface area contributed by atoms with E-state index >= 15 is 0 Å². The molecule has 1 aromatic heterocycles. The van der Waals surface area contributed by atoms with Crippen LogP contribution >= 0.6 is 7.75 Å². The summed E-state index contributed by atoms with van der Waals surface area (Å²) in [6.07, 6.45) is -0.357. The molecule has 0 saturated carbocycles. The molecule has 0 amide bonds. The summed E-state index contributed by atoms with van der Waals surface area (Å²) in [6, 6.07) is 6.37. The molecule has 14 nitrogen and oxygen atoms in total. The molecule has 2 aromatic rings. The number of carbonyl (C=O) groups excluding carboxylic acids is 1. The molecule has 2 N–H and O–H groups in total. The highest BCUT2D eigenvalue weighted by atomic mass is 31.2. The number of nitrogens with zero attached hydrogens (tertiary/aromatic N) is 4. The van der Waals surface area contributed by atoms with E-state index in [1.54, 1.807) is 37.3 Å². The van der Waals surface area contributed by atoms with Crippen LogP contribution in [-0.2, 0) is 23.4 Å². The summed E-state index contributed by atoms with van der Waals surface area (Å²) in [7, 11) is -4.17. The SMILES string of the molecule is CCOC(=O)[C@H](C)NP(=O)(OC[C@@H]1O[C@H](n2cc(C)c(=O)[nH]c2=O)C[C@H]1N=[N+]=[N-])Oc1ccccc1. The molecule has 1 aliphatic rings. The van der Waals surface area contributed by atoms with E-state index in [4.69, 9.17) is 24.1 Å². The maximum absolute atomic E-state index is 13.6. The summed E-state index contributed by atoms with van der Waals surface area (Å²) < 4.78 is 36.8. The van der Waals surface area contributed by atoms with Gasteiger partial charge in [0.15, 0.2) is 0 Å². The Labute approximate surface area is 205 Å². The summed E-state index contributed by atoms with van der Waals surface area (Å²) in [4.78, 5) is 41.1. The van der Waals surface area contributed by atoms with Crippen molar-refractivity contribution in [3.8, 4) is 5.75 Å². The Bertz CT molecular complexity index is 1280. The fourth-order valence-electron chi connectivity index (χ4n) is 3.46. The van der Waals surface area contributed by atoms with Crippen molar-refractivity contribution in [2.75, 3.05) is 13.2 Å². The van der Waals surface area contributed by atoms with E-state index < -0.39 is 49.4 Å². The molecule has 0 spiro atoms. The largest absolute Gasteiger partial charge is 0.465 e. The van der Waals surface area contributed by atoms with E-state index in [1.807, 2.05) is 0 Å². The lowest BCUT2D eigenvalue weighted by molar-refractivity contribution is -0.144. The Balaban J connectivity index is 1.80. The molecule has 194 valence electrons. The molecule has 0 aliphatic carbocycles. The van der Waals surface area contributed by atoms with Crippen LogP contribution in [0.4, 0.5) is 0 Å². The van der Waals surface area contributed by atoms with Gasteiger partial charge in [-0.1, -0.05) is 23.3 Å². The van der Waals surface area contributed by atoms with Gasteiger partial charge in [-0.05, 0) is 38.4 Å². The summed E-state index contributed by atoms with van der Waals surface area (Å²) >= 11 is 0. The average Bonchev–Trinajstić information content (AvgIpc) is 3.23. The standard InChI is InChI=1S/C21H27N6O8P/c1-4-32-20(29)14(3)25-36(31,35-15-8-6-5-7-9-15)33-12-17-16(24-26-22)10-18(34-17)27-11-13(2)19(28)23-21(27)30/h5-9,11,14,16-18H,4,10,12H2,1-3H3,(H,25,31)(H,23,28,30)/t14-,16+,17-,18-,36?/m0/s1. The molecule has 1 unspecified atom stereocenters. The van der Waals surface area contributed by atoms with Gasteiger partial charge in [-0.3, -0.25) is 23.7 Å². The number of ether oxygens (including phenoxy) is 2. The monoisotopic (exact) mass is 522 g/mol. The van der Waals surface area contributed by atoms with Crippen molar-refractivity contribution in [2.24, 2.45) is 5.11 Å². The summed E-state index contributed by atoms with van der Waals surface area (Å²) in [6.45, 7) is 4.37. The first-order valence-corrected chi connectivity index (χ1v) is 12.7. The summed E-state index contributed by atoms with van der Waals surface area (Å²) in [5.74, 6) is -0.439. The number of azide groups is 1. The Hall–Kier alpha value is -3.41. The maximum Gasteiger partial charge on any atom is 0.459 e. The second-order valence-corrected chi connectivity index (χ2v) is 9.61. The number of H-pyrrole nitrogens is 1. The fraction of sp³-hybridized carbons (Fsp3) is 0.476. The second-order valence-electron chi connectivity index (χ2n) is 7.92.